The second-order valence-corrected chi connectivity index (χ2v) is 10.8. The van der Waals surface area contributed by atoms with Crippen molar-refractivity contribution in [1.29, 1.82) is 0 Å². The van der Waals surface area contributed by atoms with E-state index < -0.39 is 40.4 Å². The molecular weight excluding hydrogens is 525 g/mol. The van der Waals surface area contributed by atoms with E-state index in [0.29, 0.717) is 0 Å². The standard InChI is InChI=1S/C26H27F3N2O6S/c1-17-20(15-19-9-5-6-10-21(19)38(35,36)30-11-13-37-14-12-30)23(25(34)26(27,28)29)24(31(17)16-22(32)33)18-7-3-2-4-8-18/h2-10,25,34H,11-16H2,1H3,(H,32,33). The van der Waals surface area contributed by atoms with E-state index >= 15 is 0 Å². The first-order chi connectivity index (χ1) is 17.9. The molecule has 1 aliphatic heterocycles. The quantitative estimate of drug-likeness (QED) is 0.441. The average molecular weight is 553 g/mol. The Morgan fingerprint density at radius 3 is 2.26 bits per heavy atom. The molecule has 0 radical (unpaired) electrons. The topological polar surface area (TPSA) is 109 Å². The predicted octanol–water partition coefficient (Wildman–Crippen LogP) is 3.76. The van der Waals surface area contributed by atoms with Gasteiger partial charge < -0.3 is 19.5 Å². The number of halogens is 3. The van der Waals surface area contributed by atoms with Crippen LogP contribution in [0.1, 0.15) is 28.5 Å². The lowest BCUT2D eigenvalue weighted by atomic mass is 9.94. The van der Waals surface area contributed by atoms with E-state index in [1.54, 1.807) is 24.3 Å². The summed E-state index contributed by atoms with van der Waals surface area (Å²) in [6.07, 6.45) is -8.26. The number of aliphatic hydroxyl groups excluding tert-OH is 1. The molecular formula is C26H27F3N2O6S. The highest BCUT2D eigenvalue weighted by atomic mass is 32.2. The summed E-state index contributed by atoms with van der Waals surface area (Å²) in [6.45, 7) is 1.54. The van der Waals surface area contributed by atoms with Gasteiger partial charge in [0.2, 0.25) is 10.0 Å². The number of carboxylic acid groups (broad SMARTS) is 1. The monoisotopic (exact) mass is 552 g/mol. The van der Waals surface area contributed by atoms with Crippen molar-refractivity contribution in [3.8, 4) is 11.3 Å². The molecule has 2 N–H and O–H groups in total. The molecule has 1 unspecified atom stereocenters. The van der Waals surface area contributed by atoms with Crippen molar-refractivity contribution in [1.82, 2.24) is 8.87 Å². The summed E-state index contributed by atoms with van der Waals surface area (Å²) in [6, 6.07) is 13.9. The molecule has 0 saturated carbocycles. The summed E-state index contributed by atoms with van der Waals surface area (Å²) in [7, 11) is -3.99. The van der Waals surface area contributed by atoms with Crippen LogP contribution in [-0.4, -0.2) is 66.0 Å². The van der Waals surface area contributed by atoms with Crippen LogP contribution in [0.5, 0.6) is 0 Å². The third-order valence-corrected chi connectivity index (χ3v) is 8.54. The lowest BCUT2D eigenvalue weighted by molar-refractivity contribution is -0.206. The normalized spacial score (nSPS) is 15.9. The van der Waals surface area contributed by atoms with E-state index in [1.165, 1.54) is 46.1 Å². The Morgan fingerprint density at radius 2 is 1.66 bits per heavy atom. The molecule has 0 amide bonds. The van der Waals surface area contributed by atoms with Gasteiger partial charge in [0, 0.05) is 30.8 Å². The number of hydrogen-bond donors (Lipinski definition) is 2. The number of carboxylic acids is 1. The molecule has 8 nitrogen and oxygen atoms in total. The highest BCUT2D eigenvalue weighted by Gasteiger charge is 2.44. The molecule has 3 aromatic rings. The van der Waals surface area contributed by atoms with E-state index in [9.17, 15) is 36.6 Å². The van der Waals surface area contributed by atoms with Gasteiger partial charge in [0.15, 0.2) is 6.10 Å². The van der Waals surface area contributed by atoms with Crippen molar-refractivity contribution in [2.75, 3.05) is 26.3 Å². The van der Waals surface area contributed by atoms with Crippen molar-refractivity contribution in [3.63, 3.8) is 0 Å². The van der Waals surface area contributed by atoms with Crippen LogP contribution in [0.2, 0.25) is 0 Å². The maximum Gasteiger partial charge on any atom is 0.418 e. The maximum atomic E-state index is 14.0. The third kappa shape index (κ3) is 5.48. The average Bonchev–Trinajstić information content (AvgIpc) is 3.14. The Kier molecular flexibility index (Phi) is 7.98. The minimum absolute atomic E-state index is 0.0135. The highest BCUT2D eigenvalue weighted by molar-refractivity contribution is 7.89. The summed E-state index contributed by atoms with van der Waals surface area (Å²) < 4.78 is 76.6. The van der Waals surface area contributed by atoms with Gasteiger partial charge in [-0.3, -0.25) is 4.79 Å². The molecule has 4 rings (SSSR count). The van der Waals surface area contributed by atoms with Crippen LogP contribution in [0.25, 0.3) is 11.3 Å². The fraction of sp³-hybridized carbons (Fsp3) is 0.346. The highest BCUT2D eigenvalue weighted by Crippen LogP contribution is 2.43. The smallest absolute Gasteiger partial charge is 0.418 e. The lowest BCUT2D eigenvalue weighted by Crippen LogP contribution is -2.40. The summed E-state index contributed by atoms with van der Waals surface area (Å²) in [5, 5.41) is 20.1. The van der Waals surface area contributed by atoms with Crippen LogP contribution in [0.4, 0.5) is 13.2 Å². The van der Waals surface area contributed by atoms with E-state index in [-0.39, 0.29) is 65.7 Å². The largest absolute Gasteiger partial charge is 0.480 e. The van der Waals surface area contributed by atoms with Crippen molar-refractivity contribution in [2.45, 2.75) is 37.1 Å². The van der Waals surface area contributed by atoms with Crippen molar-refractivity contribution >= 4 is 16.0 Å². The van der Waals surface area contributed by atoms with Gasteiger partial charge in [0.1, 0.15) is 6.54 Å². The number of benzene rings is 2. The molecule has 1 aliphatic rings. The van der Waals surface area contributed by atoms with Gasteiger partial charge in [-0.05, 0) is 29.7 Å². The first-order valence-electron chi connectivity index (χ1n) is 11.8. The number of aliphatic hydroxyl groups is 1. The summed E-state index contributed by atoms with van der Waals surface area (Å²) in [5.41, 5.74) is 0.128. The van der Waals surface area contributed by atoms with E-state index in [2.05, 4.69) is 0 Å². The molecule has 12 heteroatoms. The Balaban J connectivity index is 1.94. The number of alkyl halides is 3. The second-order valence-electron chi connectivity index (χ2n) is 8.92. The van der Waals surface area contributed by atoms with Crippen molar-refractivity contribution in [3.05, 3.63) is 77.0 Å². The van der Waals surface area contributed by atoms with Gasteiger partial charge in [0.05, 0.1) is 23.8 Å². The first-order valence-corrected chi connectivity index (χ1v) is 13.3. The molecule has 2 heterocycles. The van der Waals surface area contributed by atoms with Crippen LogP contribution in [0.3, 0.4) is 0 Å². The molecule has 204 valence electrons. The fourth-order valence-corrected chi connectivity index (χ4v) is 6.38. The van der Waals surface area contributed by atoms with Gasteiger partial charge in [-0.2, -0.15) is 17.5 Å². The maximum absolute atomic E-state index is 14.0. The summed E-state index contributed by atoms with van der Waals surface area (Å²) >= 11 is 0. The molecule has 0 bridgehead atoms. The lowest BCUT2D eigenvalue weighted by Gasteiger charge is -2.27. The number of nitrogens with zero attached hydrogens (tertiary/aromatic N) is 2. The Hall–Kier alpha value is -3.19. The first kappa shape index (κ1) is 27.8. The third-order valence-electron chi connectivity index (χ3n) is 6.54. The van der Waals surface area contributed by atoms with E-state index in [1.807, 2.05) is 0 Å². The SMILES string of the molecule is Cc1c(Cc2ccccc2S(=O)(=O)N2CCOCC2)c(C(O)C(F)(F)F)c(-c2ccccc2)n1CC(=O)O. The molecule has 2 aromatic carbocycles. The van der Waals surface area contributed by atoms with Gasteiger partial charge in [0.25, 0.3) is 0 Å². The van der Waals surface area contributed by atoms with Crippen molar-refractivity contribution in [2.24, 2.45) is 0 Å². The number of morpholine rings is 1. The molecule has 0 spiro atoms. The summed E-state index contributed by atoms with van der Waals surface area (Å²) in [4.78, 5) is 11.6. The van der Waals surface area contributed by atoms with Gasteiger partial charge in [-0.15, -0.1) is 0 Å². The van der Waals surface area contributed by atoms with Crippen LogP contribution in [0.15, 0.2) is 59.5 Å². The number of carbonyl (C=O) groups is 1. The molecule has 0 aliphatic carbocycles. The van der Waals surface area contributed by atoms with Crippen LogP contribution in [0, 0.1) is 6.92 Å². The minimum atomic E-state index is -5.06. The van der Waals surface area contributed by atoms with Crippen LogP contribution in [-0.2, 0) is 32.5 Å². The number of ether oxygens (including phenoxy) is 1. The molecule has 1 saturated heterocycles. The number of aromatic nitrogens is 1. The summed E-state index contributed by atoms with van der Waals surface area (Å²) in [5.74, 6) is -1.28. The Bertz CT molecular complexity index is 1410. The van der Waals surface area contributed by atoms with Crippen LogP contribution < -0.4 is 0 Å². The van der Waals surface area contributed by atoms with Gasteiger partial charge >= 0.3 is 12.1 Å². The minimum Gasteiger partial charge on any atom is -0.480 e. The molecule has 1 fully saturated rings. The molecule has 1 atom stereocenters. The zero-order valence-electron chi connectivity index (χ0n) is 20.5. The van der Waals surface area contributed by atoms with E-state index in [0.717, 1.165) is 0 Å². The number of rotatable bonds is 8. The predicted molar refractivity (Wildman–Crippen MR) is 132 cm³/mol. The second kappa shape index (κ2) is 10.9. The van der Waals surface area contributed by atoms with Crippen molar-refractivity contribution < 1.29 is 41.3 Å². The Labute approximate surface area is 217 Å². The number of aliphatic carboxylic acids is 1. The number of sulfonamides is 1. The molecule has 38 heavy (non-hydrogen) atoms. The Morgan fingerprint density at radius 1 is 1.05 bits per heavy atom. The molecule has 1 aromatic heterocycles. The fourth-order valence-electron chi connectivity index (χ4n) is 4.75. The van der Waals surface area contributed by atoms with E-state index in [4.69, 9.17) is 4.74 Å². The number of hydrogen-bond acceptors (Lipinski definition) is 5. The zero-order chi connectivity index (χ0) is 27.7. The van der Waals surface area contributed by atoms with Crippen LogP contribution >= 0.6 is 0 Å². The zero-order valence-corrected chi connectivity index (χ0v) is 21.3. The van der Waals surface area contributed by atoms with Gasteiger partial charge in [-0.25, -0.2) is 8.42 Å². The van der Waals surface area contributed by atoms with Gasteiger partial charge in [-0.1, -0.05) is 48.5 Å².